The number of aryl methyl sites for hydroxylation is 1. The highest BCUT2D eigenvalue weighted by Crippen LogP contribution is 2.22. The fourth-order valence-electron chi connectivity index (χ4n) is 1.29. The van der Waals surface area contributed by atoms with Gasteiger partial charge in [0.15, 0.2) is 0 Å². The van der Waals surface area contributed by atoms with Crippen molar-refractivity contribution >= 4 is 28.8 Å². The van der Waals surface area contributed by atoms with E-state index in [-0.39, 0.29) is 19.1 Å². The maximum absolute atomic E-state index is 11.4. The molecule has 0 bridgehead atoms. The molecule has 1 atom stereocenters. The normalized spacial score (nSPS) is 12.4. The topological polar surface area (TPSA) is 58.6 Å². The van der Waals surface area contributed by atoms with Crippen LogP contribution in [0.5, 0.6) is 0 Å². The summed E-state index contributed by atoms with van der Waals surface area (Å²) >= 11 is 7.26. The molecule has 0 saturated heterocycles. The monoisotopic (exact) mass is 277 g/mol. The second-order valence-corrected chi connectivity index (χ2v) is 5.42. The zero-order valence-electron chi connectivity index (χ0n) is 9.61. The summed E-state index contributed by atoms with van der Waals surface area (Å²) in [5.41, 5.74) is 0. The molecule has 1 heterocycles. The average Bonchev–Trinajstić information content (AvgIpc) is 2.70. The molecule has 96 valence electrons. The number of nitrogens with one attached hydrogen (secondary N) is 1. The summed E-state index contributed by atoms with van der Waals surface area (Å²) in [7, 11) is 1.51. The Balaban J connectivity index is 2.17. The van der Waals surface area contributed by atoms with Crippen molar-refractivity contribution in [3.63, 3.8) is 0 Å². The predicted molar refractivity (Wildman–Crippen MR) is 68.5 cm³/mol. The summed E-state index contributed by atoms with van der Waals surface area (Å²) < 4.78 is 5.49. The molecule has 1 aromatic heterocycles. The first-order valence-electron chi connectivity index (χ1n) is 5.29. The lowest BCUT2D eigenvalue weighted by Crippen LogP contribution is -2.34. The van der Waals surface area contributed by atoms with E-state index in [4.69, 9.17) is 16.3 Å². The highest BCUT2D eigenvalue weighted by molar-refractivity contribution is 7.16. The van der Waals surface area contributed by atoms with E-state index in [9.17, 15) is 9.90 Å². The quantitative estimate of drug-likeness (QED) is 0.793. The van der Waals surface area contributed by atoms with Crippen molar-refractivity contribution < 1.29 is 14.6 Å². The Hall–Kier alpha value is -0.620. The predicted octanol–water partition coefficient (Wildman–Crippen LogP) is 1.46. The van der Waals surface area contributed by atoms with Gasteiger partial charge in [-0.1, -0.05) is 11.6 Å². The number of thiophene rings is 1. The Morgan fingerprint density at radius 2 is 2.41 bits per heavy atom. The van der Waals surface area contributed by atoms with E-state index in [0.29, 0.717) is 12.8 Å². The van der Waals surface area contributed by atoms with E-state index >= 15 is 0 Å². The molecule has 1 amide bonds. The first-order valence-corrected chi connectivity index (χ1v) is 6.49. The van der Waals surface area contributed by atoms with Crippen molar-refractivity contribution in [1.29, 1.82) is 0 Å². The second kappa shape index (κ2) is 7.66. The fourth-order valence-corrected chi connectivity index (χ4v) is 2.38. The van der Waals surface area contributed by atoms with Crippen molar-refractivity contribution in [2.75, 3.05) is 20.3 Å². The van der Waals surface area contributed by atoms with E-state index in [0.717, 1.165) is 9.21 Å². The van der Waals surface area contributed by atoms with Crippen LogP contribution in [0.2, 0.25) is 4.34 Å². The summed E-state index contributed by atoms with van der Waals surface area (Å²) in [6.07, 6.45) is 0.417. The number of aliphatic hydroxyl groups is 1. The zero-order valence-corrected chi connectivity index (χ0v) is 11.2. The lowest BCUT2D eigenvalue weighted by Gasteiger charge is -2.10. The SMILES string of the molecule is COCC(O)CNC(=O)CCc1ccc(Cl)s1. The van der Waals surface area contributed by atoms with E-state index < -0.39 is 6.10 Å². The molecule has 0 fully saturated rings. The van der Waals surface area contributed by atoms with Gasteiger partial charge in [0.2, 0.25) is 5.91 Å². The van der Waals surface area contributed by atoms with Crippen molar-refractivity contribution in [3.05, 3.63) is 21.3 Å². The van der Waals surface area contributed by atoms with E-state index in [1.807, 2.05) is 12.1 Å². The van der Waals surface area contributed by atoms with Gasteiger partial charge in [-0.3, -0.25) is 4.79 Å². The third kappa shape index (κ3) is 6.02. The molecule has 4 nitrogen and oxygen atoms in total. The molecule has 1 rings (SSSR count). The minimum atomic E-state index is -0.653. The number of hydrogen-bond acceptors (Lipinski definition) is 4. The van der Waals surface area contributed by atoms with Crippen LogP contribution in [0.4, 0.5) is 0 Å². The van der Waals surface area contributed by atoms with Gasteiger partial charge < -0.3 is 15.2 Å². The Bertz CT molecular complexity index is 356. The van der Waals surface area contributed by atoms with Crippen LogP contribution in [0.25, 0.3) is 0 Å². The van der Waals surface area contributed by atoms with E-state index in [2.05, 4.69) is 5.32 Å². The number of aliphatic hydroxyl groups excluding tert-OH is 1. The molecule has 0 aromatic carbocycles. The lowest BCUT2D eigenvalue weighted by atomic mass is 10.2. The van der Waals surface area contributed by atoms with Crippen LogP contribution in [0.15, 0.2) is 12.1 Å². The van der Waals surface area contributed by atoms with Crippen LogP contribution in [0.3, 0.4) is 0 Å². The van der Waals surface area contributed by atoms with Crippen LogP contribution in [-0.2, 0) is 16.0 Å². The molecule has 0 saturated carbocycles. The van der Waals surface area contributed by atoms with Gasteiger partial charge in [-0.25, -0.2) is 0 Å². The highest BCUT2D eigenvalue weighted by atomic mass is 35.5. The summed E-state index contributed by atoms with van der Waals surface area (Å²) in [5, 5.41) is 12.0. The van der Waals surface area contributed by atoms with Gasteiger partial charge in [0, 0.05) is 25.0 Å². The molecule has 0 radical (unpaired) electrons. The van der Waals surface area contributed by atoms with Gasteiger partial charge in [-0.15, -0.1) is 11.3 Å². The molecule has 6 heteroatoms. The number of carbonyl (C=O) groups is 1. The molecule has 0 aliphatic rings. The smallest absolute Gasteiger partial charge is 0.220 e. The summed E-state index contributed by atoms with van der Waals surface area (Å²) in [6, 6.07) is 3.74. The molecule has 1 unspecified atom stereocenters. The standard InChI is InChI=1S/C11H16ClNO3S/c1-16-7-8(14)6-13-11(15)5-3-9-2-4-10(12)17-9/h2,4,8,14H,3,5-7H2,1H3,(H,13,15). The summed E-state index contributed by atoms with van der Waals surface area (Å²) in [5.74, 6) is -0.0790. The molecule has 17 heavy (non-hydrogen) atoms. The van der Waals surface area contributed by atoms with Crippen molar-refractivity contribution in [2.45, 2.75) is 18.9 Å². The van der Waals surface area contributed by atoms with Crippen LogP contribution in [0, 0.1) is 0 Å². The Morgan fingerprint density at radius 1 is 1.65 bits per heavy atom. The summed E-state index contributed by atoms with van der Waals surface area (Å²) in [6.45, 7) is 0.443. The third-order valence-corrected chi connectivity index (χ3v) is 3.41. The molecule has 2 N–H and O–H groups in total. The zero-order chi connectivity index (χ0) is 12.7. The number of amides is 1. The van der Waals surface area contributed by atoms with Gasteiger partial charge in [0.25, 0.3) is 0 Å². The van der Waals surface area contributed by atoms with Crippen LogP contribution >= 0.6 is 22.9 Å². The first kappa shape index (κ1) is 14.4. The number of carbonyl (C=O) groups excluding carboxylic acids is 1. The number of hydrogen-bond donors (Lipinski definition) is 2. The highest BCUT2D eigenvalue weighted by Gasteiger charge is 2.07. The Morgan fingerprint density at radius 3 is 3.00 bits per heavy atom. The van der Waals surface area contributed by atoms with E-state index in [1.165, 1.54) is 18.4 Å². The van der Waals surface area contributed by atoms with Crippen molar-refractivity contribution in [2.24, 2.45) is 0 Å². The Labute approximate surface area is 110 Å². The van der Waals surface area contributed by atoms with Gasteiger partial charge in [-0.2, -0.15) is 0 Å². The van der Waals surface area contributed by atoms with Crippen LogP contribution in [-0.4, -0.2) is 37.4 Å². The van der Waals surface area contributed by atoms with Gasteiger partial charge >= 0.3 is 0 Å². The Kier molecular flexibility index (Phi) is 6.50. The van der Waals surface area contributed by atoms with Crippen molar-refractivity contribution in [3.8, 4) is 0 Å². The number of halogens is 1. The molecule has 0 aliphatic heterocycles. The molecular weight excluding hydrogens is 262 g/mol. The average molecular weight is 278 g/mol. The molecule has 0 spiro atoms. The third-order valence-electron chi connectivity index (χ3n) is 2.12. The lowest BCUT2D eigenvalue weighted by molar-refractivity contribution is -0.121. The van der Waals surface area contributed by atoms with Gasteiger partial charge in [0.05, 0.1) is 17.0 Å². The molecule has 0 aliphatic carbocycles. The van der Waals surface area contributed by atoms with Crippen LogP contribution in [0.1, 0.15) is 11.3 Å². The molecule has 1 aromatic rings. The first-order chi connectivity index (χ1) is 8.11. The summed E-state index contributed by atoms with van der Waals surface area (Å²) in [4.78, 5) is 12.5. The van der Waals surface area contributed by atoms with Gasteiger partial charge in [-0.05, 0) is 18.6 Å². The van der Waals surface area contributed by atoms with E-state index in [1.54, 1.807) is 0 Å². The minimum Gasteiger partial charge on any atom is -0.389 e. The maximum atomic E-state index is 11.4. The van der Waals surface area contributed by atoms with Crippen LogP contribution < -0.4 is 5.32 Å². The second-order valence-electron chi connectivity index (χ2n) is 3.62. The molecular formula is C11H16ClNO3S. The largest absolute Gasteiger partial charge is 0.389 e. The fraction of sp³-hybridized carbons (Fsp3) is 0.545. The maximum Gasteiger partial charge on any atom is 0.220 e. The number of ether oxygens (including phenoxy) is 1. The minimum absolute atomic E-state index is 0.0790. The number of rotatable bonds is 7. The van der Waals surface area contributed by atoms with Crippen molar-refractivity contribution in [1.82, 2.24) is 5.32 Å². The number of methoxy groups -OCH3 is 1. The van der Waals surface area contributed by atoms with Gasteiger partial charge in [0.1, 0.15) is 0 Å².